The lowest BCUT2D eigenvalue weighted by atomic mass is 10.1. The molecular weight excluding hydrogens is 378 g/mol. The van der Waals surface area contributed by atoms with E-state index in [2.05, 4.69) is 10.3 Å². The van der Waals surface area contributed by atoms with Crippen molar-refractivity contribution in [2.75, 3.05) is 14.1 Å². The van der Waals surface area contributed by atoms with Crippen LogP contribution >= 0.6 is 0 Å². The van der Waals surface area contributed by atoms with Crippen LogP contribution in [0.2, 0.25) is 0 Å². The van der Waals surface area contributed by atoms with E-state index < -0.39 is 15.9 Å². The molecule has 2 N–H and O–H groups in total. The van der Waals surface area contributed by atoms with Crippen molar-refractivity contribution in [2.24, 2.45) is 0 Å². The molecule has 0 aliphatic rings. The summed E-state index contributed by atoms with van der Waals surface area (Å²) in [6.07, 6.45) is 0. The number of aromatic nitrogens is 1. The van der Waals surface area contributed by atoms with E-state index in [0.717, 1.165) is 15.2 Å². The van der Waals surface area contributed by atoms with Gasteiger partial charge in [-0.2, -0.15) is 0 Å². The topological polar surface area (TPSA) is 99.3 Å². The number of hydrogen-bond acceptors (Lipinski definition) is 4. The number of rotatable bonds is 5. The van der Waals surface area contributed by atoms with Gasteiger partial charge in [0.25, 0.3) is 11.5 Å². The van der Waals surface area contributed by atoms with Crippen LogP contribution < -0.4 is 10.9 Å². The van der Waals surface area contributed by atoms with Gasteiger partial charge >= 0.3 is 0 Å². The lowest BCUT2D eigenvalue weighted by Gasteiger charge is -2.14. The number of nitrogens with one attached hydrogen (secondary N) is 2. The van der Waals surface area contributed by atoms with Crippen molar-refractivity contribution in [2.45, 2.75) is 18.4 Å². The van der Waals surface area contributed by atoms with E-state index >= 15 is 0 Å². The Morgan fingerprint density at radius 1 is 1.11 bits per heavy atom. The van der Waals surface area contributed by atoms with Crippen LogP contribution in [0.1, 0.15) is 21.5 Å². The molecule has 1 amide bonds. The molecule has 0 spiro atoms. The van der Waals surface area contributed by atoms with Gasteiger partial charge in [0.1, 0.15) is 0 Å². The van der Waals surface area contributed by atoms with Crippen LogP contribution in [-0.2, 0) is 16.6 Å². The Balaban J connectivity index is 1.85. The molecular formula is C20H21N3O4S. The highest BCUT2D eigenvalue weighted by molar-refractivity contribution is 7.89. The predicted octanol–water partition coefficient (Wildman–Crippen LogP) is 2.02. The molecule has 0 aliphatic carbocycles. The monoisotopic (exact) mass is 399 g/mol. The van der Waals surface area contributed by atoms with E-state index in [1.54, 1.807) is 31.2 Å². The summed E-state index contributed by atoms with van der Waals surface area (Å²) in [5.41, 5.74) is 1.62. The first kappa shape index (κ1) is 19.8. The molecule has 0 unspecified atom stereocenters. The van der Waals surface area contributed by atoms with Gasteiger partial charge in [-0.05, 0) is 42.1 Å². The third-order valence-electron chi connectivity index (χ3n) is 4.48. The fraction of sp³-hybridized carbons (Fsp3) is 0.200. The molecule has 0 saturated heterocycles. The lowest BCUT2D eigenvalue weighted by Crippen LogP contribution is -2.27. The fourth-order valence-corrected chi connectivity index (χ4v) is 3.96. The molecule has 0 radical (unpaired) electrons. The second kappa shape index (κ2) is 7.57. The van der Waals surface area contributed by atoms with Gasteiger partial charge in [-0.1, -0.05) is 24.3 Å². The number of carbonyl (C=O) groups is 1. The molecule has 28 heavy (non-hydrogen) atoms. The molecule has 2 aromatic carbocycles. The smallest absolute Gasteiger partial charge is 0.253 e. The van der Waals surface area contributed by atoms with E-state index in [9.17, 15) is 18.0 Å². The van der Waals surface area contributed by atoms with Crippen LogP contribution in [-0.4, -0.2) is 37.7 Å². The SMILES string of the molecule is Cc1ccc(C(=O)NCc2cc3ccccc3[nH]c2=O)cc1S(=O)(=O)N(C)C. The summed E-state index contributed by atoms with van der Waals surface area (Å²) in [6.45, 7) is 1.70. The number of fused-ring (bicyclic) bond motifs is 1. The van der Waals surface area contributed by atoms with Crippen LogP contribution in [0, 0.1) is 6.92 Å². The summed E-state index contributed by atoms with van der Waals surface area (Å²) in [4.78, 5) is 27.6. The summed E-state index contributed by atoms with van der Waals surface area (Å²) in [5, 5.41) is 3.54. The van der Waals surface area contributed by atoms with Crippen molar-refractivity contribution >= 4 is 26.8 Å². The first-order valence-corrected chi connectivity index (χ1v) is 10.1. The summed E-state index contributed by atoms with van der Waals surface area (Å²) in [5.74, 6) is -0.456. The number of carbonyl (C=O) groups excluding carboxylic acids is 1. The Morgan fingerprint density at radius 3 is 2.54 bits per heavy atom. The van der Waals surface area contributed by atoms with Crippen LogP contribution in [0.15, 0.2) is 58.2 Å². The lowest BCUT2D eigenvalue weighted by molar-refractivity contribution is 0.0950. The number of pyridine rings is 1. The van der Waals surface area contributed by atoms with Gasteiger partial charge in [0, 0.05) is 37.3 Å². The van der Waals surface area contributed by atoms with Crippen molar-refractivity contribution in [1.29, 1.82) is 0 Å². The van der Waals surface area contributed by atoms with Crippen molar-refractivity contribution in [3.05, 3.63) is 75.6 Å². The van der Waals surface area contributed by atoms with Crippen molar-refractivity contribution in [3.8, 4) is 0 Å². The summed E-state index contributed by atoms with van der Waals surface area (Å²) >= 11 is 0. The number of para-hydroxylation sites is 1. The normalized spacial score (nSPS) is 11.7. The molecule has 3 aromatic rings. The first-order valence-electron chi connectivity index (χ1n) is 8.62. The maximum absolute atomic E-state index is 12.5. The van der Waals surface area contributed by atoms with Crippen molar-refractivity contribution < 1.29 is 13.2 Å². The largest absolute Gasteiger partial charge is 0.348 e. The molecule has 0 aliphatic heterocycles. The zero-order valence-electron chi connectivity index (χ0n) is 15.8. The Kier molecular flexibility index (Phi) is 5.35. The van der Waals surface area contributed by atoms with E-state index in [0.29, 0.717) is 11.1 Å². The summed E-state index contributed by atoms with van der Waals surface area (Å²) in [6, 6.07) is 13.6. The molecule has 0 saturated carbocycles. The van der Waals surface area contributed by atoms with Crippen LogP contribution in [0.4, 0.5) is 0 Å². The molecule has 3 rings (SSSR count). The van der Waals surface area contributed by atoms with Gasteiger partial charge in [0.2, 0.25) is 10.0 Å². The third kappa shape index (κ3) is 3.83. The Bertz CT molecular complexity index is 1210. The maximum Gasteiger partial charge on any atom is 0.253 e. The van der Waals surface area contributed by atoms with Crippen molar-refractivity contribution in [1.82, 2.24) is 14.6 Å². The van der Waals surface area contributed by atoms with Gasteiger partial charge in [-0.3, -0.25) is 9.59 Å². The number of benzene rings is 2. The Hall–Kier alpha value is -2.97. The number of H-pyrrole nitrogens is 1. The van der Waals surface area contributed by atoms with E-state index in [1.165, 1.54) is 20.2 Å². The fourth-order valence-electron chi connectivity index (χ4n) is 2.82. The van der Waals surface area contributed by atoms with E-state index in [4.69, 9.17) is 0 Å². The number of aromatic amines is 1. The zero-order chi connectivity index (χ0) is 20.5. The minimum atomic E-state index is -3.66. The first-order chi connectivity index (χ1) is 13.2. The highest BCUT2D eigenvalue weighted by atomic mass is 32.2. The standard InChI is InChI=1S/C20H21N3O4S/c1-13-8-9-15(11-18(13)28(26,27)23(2)3)19(24)21-12-16-10-14-6-4-5-7-17(14)22-20(16)25/h4-11H,12H2,1-3H3,(H,21,24)(H,22,25). The average molecular weight is 399 g/mol. The van der Waals surface area contributed by atoms with Crippen LogP contribution in [0.25, 0.3) is 10.9 Å². The molecule has 8 heteroatoms. The van der Waals surface area contributed by atoms with Gasteiger partial charge in [-0.15, -0.1) is 0 Å². The highest BCUT2D eigenvalue weighted by Crippen LogP contribution is 2.20. The van der Waals surface area contributed by atoms with Gasteiger partial charge in [-0.25, -0.2) is 12.7 Å². The van der Waals surface area contributed by atoms with Gasteiger partial charge < -0.3 is 10.3 Å². The molecule has 1 heterocycles. The van der Waals surface area contributed by atoms with Crippen LogP contribution in [0.5, 0.6) is 0 Å². The second-order valence-electron chi connectivity index (χ2n) is 6.66. The minimum Gasteiger partial charge on any atom is -0.348 e. The number of hydrogen-bond donors (Lipinski definition) is 2. The predicted molar refractivity (Wildman–Crippen MR) is 108 cm³/mol. The quantitative estimate of drug-likeness (QED) is 0.686. The highest BCUT2D eigenvalue weighted by Gasteiger charge is 2.21. The van der Waals surface area contributed by atoms with E-state index in [1.807, 2.05) is 18.2 Å². The molecule has 0 fully saturated rings. The summed E-state index contributed by atoms with van der Waals surface area (Å²) < 4.78 is 26.0. The molecule has 0 atom stereocenters. The molecule has 146 valence electrons. The van der Waals surface area contributed by atoms with Crippen LogP contribution in [0.3, 0.4) is 0 Å². The average Bonchev–Trinajstić information content (AvgIpc) is 2.66. The van der Waals surface area contributed by atoms with Gasteiger partial charge in [0.05, 0.1) is 4.90 Å². The number of amides is 1. The molecule has 1 aromatic heterocycles. The summed E-state index contributed by atoms with van der Waals surface area (Å²) in [7, 11) is -0.787. The maximum atomic E-state index is 12.5. The Labute approximate surface area is 163 Å². The van der Waals surface area contributed by atoms with Gasteiger partial charge in [0.15, 0.2) is 0 Å². The Morgan fingerprint density at radius 2 is 1.82 bits per heavy atom. The second-order valence-corrected chi connectivity index (χ2v) is 8.78. The molecule has 7 nitrogen and oxygen atoms in total. The zero-order valence-corrected chi connectivity index (χ0v) is 16.6. The number of sulfonamides is 1. The third-order valence-corrected chi connectivity index (χ3v) is 6.44. The minimum absolute atomic E-state index is 0.0304. The number of nitrogens with zero attached hydrogens (tertiary/aromatic N) is 1. The van der Waals surface area contributed by atoms with E-state index in [-0.39, 0.29) is 22.6 Å². The van der Waals surface area contributed by atoms with Crippen molar-refractivity contribution in [3.63, 3.8) is 0 Å². The molecule has 0 bridgehead atoms. The number of aryl methyl sites for hydroxylation is 1.